The second kappa shape index (κ2) is 7.72. The fourth-order valence-electron chi connectivity index (χ4n) is 2.48. The number of rotatable bonds is 6. The van der Waals surface area contributed by atoms with Gasteiger partial charge in [0.15, 0.2) is 5.82 Å². The van der Waals surface area contributed by atoms with Crippen molar-refractivity contribution >= 4 is 11.7 Å². The number of amides is 1. The predicted molar refractivity (Wildman–Crippen MR) is 93.8 cm³/mol. The monoisotopic (exact) mass is 312 g/mol. The highest BCUT2D eigenvalue weighted by atomic mass is 16.1. The van der Waals surface area contributed by atoms with E-state index in [-0.39, 0.29) is 5.91 Å². The second-order valence-corrected chi connectivity index (χ2v) is 5.33. The summed E-state index contributed by atoms with van der Waals surface area (Å²) in [5.74, 6) is 1.20. The predicted octanol–water partition coefficient (Wildman–Crippen LogP) is 3.05. The number of aromatic nitrogens is 2. The van der Waals surface area contributed by atoms with Gasteiger partial charge in [0.1, 0.15) is 11.4 Å². The van der Waals surface area contributed by atoms with Crippen molar-refractivity contribution < 1.29 is 4.79 Å². The van der Waals surface area contributed by atoms with Crippen LogP contribution in [0.2, 0.25) is 0 Å². The van der Waals surface area contributed by atoms with Crippen molar-refractivity contribution in [2.45, 2.75) is 27.7 Å². The van der Waals surface area contributed by atoms with Crippen LogP contribution in [-0.2, 0) is 0 Å². The Morgan fingerprint density at radius 1 is 1.22 bits per heavy atom. The number of nitrogens with zero attached hydrogens (tertiary/aromatic N) is 3. The van der Waals surface area contributed by atoms with E-state index in [9.17, 15) is 4.79 Å². The molecule has 0 saturated heterocycles. The first-order valence-corrected chi connectivity index (χ1v) is 8.07. The molecule has 0 unspecified atom stereocenters. The van der Waals surface area contributed by atoms with Gasteiger partial charge in [0.2, 0.25) is 0 Å². The maximum atomic E-state index is 12.3. The molecule has 1 aromatic carbocycles. The van der Waals surface area contributed by atoms with Gasteiger partial charge in [-0.1, -0.05) is 23.8 Å². The summed E-state index contributed by atoms with van der Waals surface area (Å²) in [6.45, 7) is 10.2. The third-order valence-corrected chi connectivity index (χ3v) is 3.69. The van der Waals surface area contributed by atoms with Gasteiger partial charge in [-0.2, -0.15) is 0 Å². The van der Waals surface area contributed by atoms with Gasteiger partial charge in [0.25, 0.3) is 5.91 Å². The molecule has 5 nitrogen and oxygen atoms in total. The topological polar surface area (TPSA) is 58.1 Å². The Morgan fingerprint density at radius 2 is 1.96 bits per heavy atom. The van der Waals surface area contributed by atoms with Crippen LogP contribution in [0.5, 0.6) is 0 Å². The van der Waals surface area contributed by atoms with Crippen LogP contribution in [0.4, 0.5) is 5.82 Å². The number of benzene rings is 1. The summed E-state index contributed by atoms with van der Waals surface area (Å²) in [5, 5.41) is 2.83. The van der Waals surface area contributed by atoms with Gasteiger partial charge in [-0.3, -0.25) is 4.79 Å². The zero-order valence-corrected chi connectivity index (χ0v) is 14.3. The maximum absolute atomic E-state index is 12.3. The van der Waals surface area contributed by atoms with Crippen LogP contribution in [-0.4, -0.2) is 35.5 Å². The van der Waals surface area contributed by atoms with Crippen LogP contribution in [0.25, 0.3) is 11.4 Å². The molecule has 1 heterocycles. The van der Waals surface area contributed by atoms with E-state index in [1.807, 2.05) is 38.1 Å². The second-order valence-electron chi connectivity index (χ2n) is 5.33. The highest BCUT2D eigenvalue weighted by Crippen LogP contribution is 2.23. The van der Waals surface area contributed by atoms with Crippen molar-refractivity contribution in [1.29, 1.82) is 0 Å². The van der Waals surface area contributed by atoms with E-state index in [4.69, 9.17) is 0 Å². The van der Waals surface area contributed by atoms with Crippen LogP contribution < -0.4 is 10.2 Å². The Kier molecular flexibility index (Phi) is 5.68. The number of carbonyl (C=O) groups excluding carboxylic acids is 1. The Labute approximate surface area is 137 Å². The van der Waals surface area contributed by atoms with Crippen molar-refractivity contribution in [2.24, 2.45) is 0 Å². The number of aryl methyl sites for hydroxylation is 1. The lowest BCUT2D eigenvalue weighted by Gasteiger charge is -2.22. The largest absolute Gasteiger partial charge is 0.356 e. The van der Waals surface area contributed by atoms with Crippen molar-refractivity contribution in [3.05, 3.63) is 41.6 Å². The molecule has 1 amide bonds. The molecule has 0 bridgehead atoms. The Hall–Kier alpha value is -2.43. The molecule has 0 spiro atoms. The number of hydrogen-bond acceptors (Lipinski definition) is 4. The fourth-order valence-corrected chi connectivity index (χ4v) is 2.48. The van der Waals surface area contributed by atoms with Gasteiger partial charge < -0.3 is 10.2 Å². The number of anilines is 1. The lowest BCUT2D eigenvalue weighted by molar-refractivity contribution is 0.0955. The van der Waals surface area contributed by atoms with Gasteiger partial charge in [0.05, 0.1) is 0 Å². The first kappa shape index (κ1) is 16.9. The van der Waals surface area contributed by atoms with E-state index in [2.05, 4.69) is 34.0 Å². The Morgan fingerprint density at radius 3 is 2.57 bits per heavy atom. The van der Waals surface area contributed by atoms with Crippen LogP contribution in [0.3, 0.4) is 0 Å². The maximum Gasteiger partial charge on any atom is 0.256 e. The quantitative estimate of drug-likeness (QED) is 0.890. The van der Waals surface area contributed by atoms with Gasteiger partial charge in [-0.05, 0) is 33.8 Å². The minimum absolute atomic E-state index is 0.134. The molecule has 0 aliphatic carbocycles. The number of nitrogens with one attached hydrogen (secondary N) is 1. The highest BCUT2D eigenvalue weighted by Gasteiger charge is 2.18. The van der Waals surface area contributed by atoms with Crippen LogP contribution in [0.15, 0.2) is 30.5 Å². The SMILES string of the molecule is CCNC(=O)c1cnc(-c2cccc(C)c2)nc1N(CC)CC. The lowest BCUT2D eigenvalue weighted by Crippen LogP contribution is -2.30. The summed E-state index contributed by atoms with van der Waals surface area (Å²) in [5.41, 5.74) is 2.64. The van der Waals surface area contributed by atoms with E-state index >= 15 is 0 Å². The molecule has 2 rings (SSSR count). The molecule has 5 heteroatoms. The molecule has 0 aliphatic heterocycles. The van der Waals surface area contributed by atoms with Gasteiger partial charge >= 0.3 is 0 Å². The molecular formula is C18H24N4O. The van der Waals surface area contributed by atoms with E-state index in [0.29, 0.717) is 23.8 Å². The van der Waals surface area contributed by atoms with Crippen molar-refractivity contribution in [3.8, 4) is 11.4 Å². The molecule has 0 atom stereocenters. The third kappa shape index (κ3) is 3.86. The first-order valence-electron chi connectivity index (χ1n) is 8.07. The summed E-state index contributed by atoms with van der Waals surface area (Å²) in [6, 6.07) is 8.06. The van der Waals surface area contributed by atoms with Crippen LogP contribution in [0, 0.1) is 6.92 Å². The zero-order valence-electron chi connectivity index (χ0n) is 14.3. The minimum atomic E-state index is -0.134. The number of hydrogen-bond donors (Lipinski definition) is 1. The normalized spacial score (nSPS) is 10.4. The van der Waals surface area contributed by atoms with Crippen molar-refractivity contribution in [3.63, 3.8) is 0 Å². The lowest BCUT2D eigenvalue weighted by atomic mass is 10.1. The van der Waals surface area contributed by atoms with Crippen LogP contribution >= 0.6 is 0 Å². The Bertz CT molecular complexity index is 680. The molecule has 0 radical (unpaired) electrons. The summed E-state index contributed by atoms with van der Waals surface area (Å²) in [6.07, 6.45) is 1.63. The number of carbonyl (C=O) groups is 1. The molecule has 23 heavy (non-hydrogen) atoms. The van der Waals surface area contributed by atoms with E-state index in [0.717, 1.165) is 24.2 Å². The molecule has 2 aromatic rings. The molecule has 122 valence electrons. The average molecular weight is 312 g/mol. The van der Waals surface area contributed by atoms with Crippen LogP contribution in [0.1, 0.15) is 36.7 Å². The molecule has 0 fully saturated rings. The van der Waals surface area contributed by atoms with Gasteiger partial charge in [0, 0.05) is 31.4 Å². The van der Waals surface area contributed by atoms with E-state index in [1.54, 1.807) is 6.20 Å². The first-order chi connectivity index (χ1) is 11.1. The van der Waals surface area contributed by atoms with Gasteiger partial charge in [-0.15, -0.1) is 0 Å². The summed E-state index contributed by atoms with van der Waals surface area (Å²) in [7, 11) is 0. The summed E-state index contributed by atoms with van der Waals surface area (Å²) >= 11 is 0. The third-order valence-electron chi connectivity index (χ3n) is 3.69. The Balaban J connectivity index is 2.52. The average Bonchev–Trinajstić information content (AvgIpc) is 2.56. The summed E-state index contributed by atoms with van der Waals surface area (Å²) in [4.78, 5) is 23.5. The highest BCUT2D eigenvalue weighted by molar-refractivity contribution is 5.98. The fraction of sp³-hybridized carbons (Fsp3) is 0.389. The summed E-state index contributed by atoms with van der Waals surface area (Å²) < 4.78 is 0. The van der Waals surface area contributed by atoms with Crippen molar-refractivity contribution in [2.75, 3.05) is 24.5 Å². The van der Waals surface area contributed by atoms with Crippen molar-refractivity contribution in [1.82, 2.24) is 15.3 Å². The van der Waals surface area contributed by atoms with E-state index < -0.39 is 0 Å². The molecule has 1 aromatic heterocycles. The van der Waals surface area contributed by atoms with E-state index in [1.165, 1.54) is 0 Å². The molecule has 0 saturated carbocycles. The van der Waals surface area contributed by atoms with Gasteiger partial charge in [-0.25, -0.2) is 9.97 Å². The molecule has 0 aliphatic rings. The molecular weight excluding hydrogens is 288 g/mol. The standard InChI is InChI=1S/C18H24N4O/c1-5-19-18(23)15-12-20-16(14-10-8-9-13(4)11-14)21-17(15)22(6-2)7-3/h8-12H,5-7H2,1-4H3,(H,19,23). The molecule has 1 N–H and O–H groups in total. The zero-order chi connectivity index (χ0) is 16.8. The smallest absolute Gasteiger partial charge is 0.256 e. The minimum Gasteiger partial charge on any atom is -0.356 e.